The van der Waals surface area contributed by atoms with Crippen LogP contribution in [0.15, 0.2) is 11.6 Å². The number of hydrogen-bond acceptors (Lipinski definition) is 2. The molecule has 4 rings (SSSR count). The third-order valence-electron chi connectivity index (χ3n) is 12.0. The van der Waals surface area contributed by atoms with Gasteiger partial charge in [-0.3, -0.25) is 0 Å². The maximum Gasteiger partial charge on any atom is 0.192 e. The second-order valence-corrected chi connectivity index (χ2v) is 19.5. The molecule has 0 aromatic heterocycles. The van der Waals surface area contributed by atoms with Crippen molar-refractivity contribution in [2.24, 2.45) is 40.4 Å². The summed E-state index contributed by atoms with van der Waals surface area (Å²) >= 11 is 0. The number of unbranched alkanes of at least 4 members (excludes halogenated alkanes) is 1. The molecule has 0 spiro atoms. The monoisotopic (exact) mass is 483 g/mol. The molecule has 3 saturated carbocycles. The number of fused-ring (bicyclic) bond motifs is 5. The van der Waals surface area contributed by atoms with Gasteiger partial charge >= 0.3 is 0 Å². The smallest absolute Gasteiger partial charge is 0.192 e. The number of allylic oxidation sites excluding steroid dienone is 1. The highest BCUT2D eigenvalue weighted by atomic mass is 28.4. The number of nitriles is 1. The van der Waals surface area contributed by atoms with Crippen molar-refractivity contribution in [2.75, 3.05) is 0 Å². The topological polar surface area (TPSA) is 33.0 Å². The van der Waals surface area contributed by atoms with Crippen LogP contribution in [-0.2, 0) is 4.43 Å². The van der Waals surface area contributed by atoms with Gasteiger partial charge in [0, 0.05) is 12.5 Å². The zero-order valence-electron chi connectivity index (χ0n) is 23.7. The van der Waals surface area contributed by atoms with Crippen LogP contribution in [0.1, 0.15) is 112 Å². The molecule has 8 unspecified atom stereocenters. The Balaban J connectivity index is 1.47. The number of hydrogen-bond donors (Lipinski definition) is 0. The molecule has 0 bridgehead atoms. The standard InChI is InChI=1S/C31H53NOSi/c1-22(11-9-10-20-32)26-14-15-27-25-13-12-23-21-24(33-34(7,8)29(2,3)4)16-18-30(23,5)28(25)17-19-31(26,27)6/h12,22,24-28H,9-11,13-19,21H2,1-8H3. The normalized spacial score (nSPS) is 41.0. The molecule has 4 aliphatic rings. The first-order valence-corrected chi connectivity index (χ1v) is 17.5. The average molecular weight is 484 g/mol. The van der Waals surface area contributed by atoms with Crippen molar-refractivity contribution in [2.45, 2.75) is 136 Å². The summed E-state index contributed by atoms with van der Waals surface area (Å²) in [6, 6.07) is 2.36. The Morgan fingerprint density at radius 2 is 1.85 bits per heavy atom. The van der Waals surface area contributed by atoms with Crippen molar-refractivity contribution in [1.82, 2.24) is 0 Å². The molecule has 0 N–H and O–H groups in total. The highest BCUT2D eigenvalue weighted by Gasteiger charge is 2.59. The maximum absolute atomic E-state index is 8.98. The van der Waals surface area contributed by atoms with Crippen LogP contribution in [0.5, 0.6) is 0 Å². The minimum absolute atomic E-state index is 0.290. The lowest BCUT2D eigenvalue weighted by Crippen LogP contribution is -2.52. The third kappa shape index (κ3) is 4.49. The lowest BCUT2D eigenvalue weighted by atomic mass is 9.47. The predicted molar refractivity (Wildman–Crippen MR) is 146 cm³/mol. The minimum Gasteiger partial charge on any atom is -0.414 e. The quantitative estimate of drug-likeness (QED) is 0.214. The van der Waals surface area contributed by atoms with Crippen LogP contribution in [0.25, 0.3) is 0 Å². The van der Waals surface area contributed by atoms with Gasteiger partial charge in [0.15, 0.2) is 8.32 Å². The van der Waals surface area contributed by atoms with Gasteiger partial charge < -0.3 is 4.43 Å². The zero-order valence-corrected chi connectivity index (χ0v) is 24.7. The molecule has 3 fully saturated rings. The van der Waals surface area contributed by atoms with Crippen LogP contribution >= 0.6 is 0 Å². The summed E-state index contributed by atoms with van der Waals surface area (Å²) in [5.74, 6) is 4.32. The van der Waals surface area contributed by atoms with Crippen LogP contribution < -0.4 is 0 Å². The number of nitrogens with zero attached hydrogens (tertiary/aromatic N) is 1. The van der Waals surface area contributed by atoms with E-state index in [0.29, 0.717) is 22.0 Å². The minimum atomic E-state index is -1.71. The molecular weight excluding hydrogens is 430 g/mol. The first-order valence-electron chi connectivity index (χ1n) is 14.6. The Bertz CT molecular complexity index is 818. The number of rotatable bonds is 6. The van der Waals surface area contributed by atoms with E-state index in [2.05, 4.69) is 66.8 Å². The van der Waals surface area contributed by atoms with Gasteiger partial charge in [0.2, 0.25) is 0 Å². The molecule has 3 heteroatoms. The van der Waals surface area contributed by atoms with E-state index in [9.17, 15) is 0 Å². The molecule has 0 radical (unpaired) electrons. The zero-order chi connectivity index (χ0) is 24.9. The molecule has 2 nitrogen and oxygen atoms in total. The molecule has 192 valence electrons. The molecule has 0 saturated heterocycles. The summed E-state index contributed by atoms with van der Waals surface area (Å²) in [4.78, 5) is 0. The molecule has 0 aromatic carbocycles. The van der Waals surface area contributed by atoms with E-state index in [-0.39, 0.29) is 0 Å². The fourth-order valence-corrected chi connectivity index (χ4v) is 10.4. The fraction of sp³-hybridized carbons (Fsp3) is 0.903. The van der Waals surface area contributed by atoms with E-state index in [1.165, 1.54) is 57.8 Å². The largest absolute Gasteiger partial charge is 0.414 e. The van der Waals surface area contributed by atoms with Gasteiger partial charge in [-0.25, -0.2) is 0 Å². The lowest BCUT2D eigenvalue weighted by molar-refractivity contribution is -0.0564. The predicted octanol–water partition coefficient (Wildman–Crippen LogP) is 9.29. The Labute approximate surface area is 212 Å². The van der Waals surface area contributed by atoms with Crippen molar-refractivity contribution in [3.05, 3.63) is 11.6 Å². The van der Waals surface area contributed by atoms with Gasteiger partial charge in [0.1, 0.15) is 0 Å². The summed E-state index contributed by atoms with van der Waals surface area (Å²) in [5.41, 5.74) is 2.69. The Morgan fingerprint density at radius 1 is 1.12 bits per heavy atom. The molecule has 34 heavy (non-hydrogen) atoms. The van der Waals surface area contributed by atoms with Crippen LogP contribution in [0.2, 0.25) is 18.1 Å². The third-order valence-corrected chi connectivity index (χ3v) is 16.6. The SMILES string of the molecule is CC(CCCC#N)C1CCC2C3CC=C4CC(O[Si](C)(C)C(C)(C)C)CCC4(C)C3CCC12C. The highest BCUT2D eigenvalue weighted by molar-refractivity contribution is 6.74. The van der Waals surface area contributed by atoms with E-state index < -0.39 is 8.32 Å². The molecule has 0 heterocycles. The van der Waals surface area contributed by atoms with E-state index in [0.717, 1.165) is 42.4 Å². The van der Waals surface area contributed by atoms with Crippen LogP contribution in [0, 0.1) is 51.8 Å². The Hall–Kier alpha value is -0.593. The van der Waals surface area contributed by atoms with Gasteiger partial charge in [-0.15, -0.1) is 0 Å². The first kappa shape index (κ1) is 26.5. The van der Waals surface area contributed by atoms with Gasteiger partial charge in [-0.2, -0.15) is 5.26 Å². The van der Waals surface area contributed by atoms with E-state index >= 15 is 0 Å². The molecular formula is C31H53NOSi. The second-order valence-electron chi connectivity index (χ2n) is 14.8. The van der Waals surface area contributed by atoms with E-state index in [1.54, 1.807) is 5.57 Å². The van der Waals surface area contributed by atoms with Gasteiger partial charge in [-0.1, -0.05) is 53.2 Å². The fourth-order valence-electron chi connectivity index (χ4n) is 9.00. The van der Waals surface area contributed by atoms with E-state index in [1.807, 2.05) is 0 Å². The van der Waals surface area contributed by atoms with Crippen LogP contribution in [0.4, 0.5) is 0 Å². The molecule has 8 atom stereocenters. The lowest BCUT2D eigenvalue weighted by Gasteiger charge is -2.59. The van der Waals surface area contributed by atoms with E-state index in [4.69, 9.17) is 9.69 Å². The maximum atomic E-state index is 8.98. The summed E-state index contributed by atoms with van der Waals surface area (Å²) in [6.07, 6.45) is 17.0. The average Bonchev–Trinajstić information content (AvgIpc) is 3.10. The summed E-state index contributed by atoms with van der Waals surface area (Å²) in [7, 11) is -1.71. The van der Waals surface area contributed by atoms with Gasteiger partial charge in [0.25, 0.3) is 0 Å². The molecule has 4 aliphatic carbocycles. The summed E-state index contributed by atoms with van der Waals surface area (Å²) in [6.45, 7) is 19.7. The van der Waals surface area contributed by atoms with Gasteiger partial charge in [0.05, 0.1) is 6.07 Å². The van der Waals surface area contributed by atoms with Crippen molar-refractivity contribution < 1.29 is 4.43 Å². The Kier molecular flexibility index (Phi) is 7.29. The van der Waals surface area contributed by atoms with Crippen molar-refractivity contribution in [3.8, 4) is 6.07 Å². The van der Waals surface area contributed by atoms with Crippen molar-refractivity contribution >= 4 is 8.32 Å². The summed E-state index contributed by atoms with van der Waals surface area (Å²) < 4.78 is 6.92. The van der Waals surface area contributed by atoms with Crippen LogP contribution in [0.3, 0.4) is 0 Å². The molecule has 0 aromatic rings. The van der Waals surface area contributed by atoms with Crippen molar-refractivity contribution in [1.29, 1.82) is 5.26 Å². The summed E-state index contributed by atoms with van der Waals surface area (Å²) in [5, 5.41) is 9.27. The van der Waals surface area contributed by atoms with Gasteiger partial charge in [-0.05, 0) is 123 Å². The molecule has 0 amide bonds. The van der Waals surface area contributed by atoms with Crippen LogP contribution in [-0.4, -0.2) is 14.4 Å². The molecule has 0 aliphatic heterocycles. The first-order chi connectivity index (χ1) is 15.8. The van der Waals surface area contributed by atoms with Crippen molar-refractivity contribution in [3.63, 3.8) is 0 Å². The Morgan fingerprint density at radius 3 is 2.53 bits per heavy atom. The second kappa shape index (κ2) is 9.37. The highest BCUT2D eigenvalue weighted by Crippen LogP contribution is 2.67.